The quantitative estimate of drug-likeness (QED) is 0.293. The summed E-state index contributed by atoms with van der Waals surface area (Å²) in [7, 11) is 0. The SMILES string of the molecule is Nc1c(F)c(F)c(C(=O)NCCCCl)c(F)c1F. The Morgan fingerprint density at radius 1 is 1.11 bits per heavy atom. The molecule has 0 radical (unpaired) electrons. The van der Waals surface area contributed by atoms with Gasteiger partial charge in [0.1, 0.15) is 11.3 Å². The Balaban J connectivity index is 3.13. The molecule has 0 aliphatic rings. The zero-order chi connectivity index (χ0) is 13.9. The van der Waals surface area contributed by atoms with Crippen LogP contribution in [-0.2, 0) is 0 Å². The van der Waals surface area contributed by atoms with Crippen molar-refractivity contribution in [2.45, 2.75) is 6.42 Å². The molecule has 0 unspecified atom stereocenters. The van der Waals surface area contributed by atoms with Crippen molar-refractivity contribution in [2.24, 2.45) is 0 Å². The molecule has 1 rings (SSSR count). The van der Waals surface area contributed by atoms with Gasteiger partial charge in [0.15, 0.2) is 23.3 Å². The summed E-state index contributed by atoms with van der Waals surface area (Å²) in [5.41, 5.74) is 2.15. The predicted octanol–water partition coefficient (Wildman–Crippen LogP) is 2.18. The number of benzene rings is 1. The molecule has 100 valence electrons. The van der Waals surface area contributed by atoms with E-state index in [0.29, 0.717) is 6.42 Å². The lowest BCUT2D eigenvalue weighted by molar-refractivity contribution is 0.0943. The van der Waals surface area contributed by atoms with Gasteiger partial charge in [0.2, 0.25) is 0 Å². The highest BCUT2D eigenvalue weighted by Crippen LogP contribution is 2.25. The highest BCUT2D eigenvalue weighted by molar-refractivity contribution is 6.17. The minimum absolute atomic E-state index is 0.0226. The van der Waals surface area contributed by atoms with E-state index in [4.69, 9.17) is 17.3 Å². The molecule has 1 aromatic carbocycles. The number of nitrogens with two attached hydrogens (primary N) is 1. The van der Waals surface area contributed by atoms with Crippen LogP contribution in [0.1, 0.15) is 16.8 Å². The van der Waals surface area contributed by atoms with Crippen LogP contribution in [0.3, 0.4) is 0 Å². The van der Waals surface area contributed by atoms with E-state index >= 15 is 0 Å². The molecule has 0 bridgehead atoms. The molecule has 1 aromatic rings. The Morgan fingerprint density at radius 3 is 2.06 bits per heavy atom. The summed E-state index contributed by atoms with van der Waals surface area (Å²) in [6.45, 7) is 0.0226. The second-order valence-electron chi connectivity index (χ2n) is 3.34. The smallest absolute Gasteiger partial charge is 0.257 e. The lowest BCUT2D eigenvalue weighted by Gasteiger charge is -2.09. The summed E-state index contributed by atoms with van der Waals surface area (Å²) in [5.74, 6) is -8.29. The number of amides is 1. The second-order valence-corrected chi connectivity index (χ2v) is 3.72. The third-order valence-electron chi connectivity index (χ3n) is 2.12. The average Bonchev–Trinajstić information content (AvgIpc) is 2.34. The van der Waals surface area contributed by atoms with E-state index in [0.717, 1.165) is 0 Å². The van der Waals surface area contributed by atoms with Crippen LogP contribution in [0.25, 0.3) is 0 Å². The van der Waals surface area contributed by atoms with Crippen LogP contribution in [-0.4, -0.2) is 18.3 Å². The number of nitrogen functional groups attached to an aromatic ring is 1. The molecular formula is C10H9ClF4N2O. The lowest BCUT2D eigenvalue weighted by atomic mass is 10.1. The monoisotopic (exact) mass is 284 g/mol. The minimum Gasteiger partial charge on any atom is -0.394 e. The fourth-order valence-electron chi connectivity index (χ4n) is 1.21. The van der Waals surface area contributed by atoms with Crippen LogP contribution in [0.4, 0.5) is 23.2 Å². The van der Waals surface area contributed by atoms with Crippen molar-refractivity contribution in [1.29, 1.82) is 0 Å². The van der Waals surface area contributed by atoms with Crippen molar-refractivity contribution in [3.63, 3.8) is 0 Å². The first-order valence-corrected chi connectivity index (χ1v) is 5.40. The van der Waals surface area contributed by atoms with Crippen molar-refractivity contribution in [2.75, 3.05) is 18.2 Å². The maximum atomic E-state index is 13.3. The van der Waals surface area contributed by atoms with E-state index in [9.17, 15) is 22.4 Å². The number of nitrogens with one attached hydrogen (secondary N) is 1. The summed E-state index contributed by atoms with van der Waals surface area (Å²) >= 11 is 5.33. The molecule has 0 heterocycles. The largest absolute Gasteiger partial charge is 0.394 e. The van der Waals surface area contributed by atoms with Gasteiger partial charge in [-0.1, -0.05) is 0 Å². The van der Waals surface area contributed by atoms with Crippen molar-refractivity contribution in [3.8, 4) is 0 Å². The van der Waals surface area contributed by atoms with Gasteiger partial charge in [0.25, 0.3) is 5.91 Å². The van der Waals surface area contributed by atoms with E-state index in [2.05, 4.69) is 5.32 Å². The summed E-state index contributed by atoms with van der Waals surface area (Å²) in [5, 5.41) is 2.08. The van der Waals surface area contributed by atoms with Crippen molar-refractivity contribution >= 4 is 23.2 Å². The number of alkyl halides is 1. The molecule has 0 fully saturated rings. The topological polar surface area (TPSA) is 55.1 Å². The molecule has 18 heavy (non-hydrogen) atoms. The Kier molecular flexibility index (Phi) is 4.77. The molecule has 1 amide bonds. The number of hydrogen-bond donors (Lipinski definition) is 2. The first-order valence-electron chi connectivity index (χ1n) is 4.87. The zero-order valence-corrected chi connectivity index (χ0v) is 9.75. The van der Waals surface area contributed by atoms with Gasteiger partial charge in [0, 0.05) is 12.4 Å². The van der Waals surface area contributed by atoms with E-state index < -0.39 is 40.4 Å². The van der Waals surface area contributed by atoms with Gasteiger partial charge in [-0.05, 0) is 6.42 Å². The van der Waals surface area contributed by atoms with E-state index in [1.54, 1.807) is 0 Å². The molecule has 0 atom stereocenters. The fraction of sp³-hybridized carbons (Fsp3) is 0.300. The number of carbonyl (C=O) groups excluding carboxylic acids is 1. The van der Waals surface area contributed by atoms with Crippen LogP contribution in [0.2, 0.25) is 0 Å². The predicted molar refractivity (Wildman–Crippen MR) is 58.4 cm³/mol. The third-order valence-corrected chi connectivity index (χ3v) is 2.39. The third kappa shape index (κ3) is 2.66. The Hall–Kier alpha value is -1.50. The molecule has 3 nitrogen and oxygen atoms in total. The van der Waals surface area contributed by atoms with E-state index in [1.165, 1.54) is 0 Å². The number of rotatable bonds is 4. The molecule has 0 aliphatic heterocycles. The van der Waals surface area contributed by atoms with Crippen molar-refractivity contribution in [1.82, 2.24) is 5.32 Å². The normalized spacial score (nSPS) is 10.5. The number of anilines is 1. The second kappa shape index (κ2) is 5.90. The van der Waals surface area contributed by atoms with Gasteiger partial charge >= 0.3 is 0 Å². The van der Waals surface area contributed by atoms with Crippen molar-refractivity contribution in [3.05, 3.63) is 28.8 Å². The standard InChI is InChI=1S/C10H9ClF4N2O/c11-2-1-3-17-10(18)4-5(12)7(14)9(16)8(15)6(4)13/h1-3,16H2,(H,17,18). The summed E-state index contributed by atoms with van der Waals surface area (Å²) in [6, 6.07) is 0. The van der Waals surface area contributed by atoms with Crippen LogP contribution in [0.15, 0.2) is 0 Å². The summed E-state index contributed by atoms with van der Waals surface area (Å²) in [4.78, 5) is 11.4. The molecule has 3 N–H and O–H groups in total. The molecule has 0 aromatic heterocycles. The number of carbonyl (C=O) groups is 1. The van der Waals surface area contributed by atoms with Gasteiger partial charge in [-0.2, -0.15) is 0 Å². The molecule has 8 heteroatoms. The molecule has 0 aliphatic carbocycles. The van der Waals surface area contributed by atoms with Crippen LogP contribution in [0.5, 0.6) is 0 Å². The van der Waals surface area contributed by atoms with E-state index in [1.807, 2.05) is 0 Å². The molecular weight excluding hydrogens is 276 g/mol. The van der Waals surface area contributed by atoms with E-state index in [-0.39, 0.29) is 12.4 Å². The molecule has 0 saturated carbocycles. The fourth-order valence-corrected chi connectivity index (χ4v) is 1.34. The number of halogens is 5. The highest BCUT2D eigenvalue weighted by atomic mass is 35.5. The Bertz CT molecular complexity index is 452. The minimum atomic E-state index is -1.82. The lowest BCUT2D eigenvalue weighted by Crippen LogP contribution is -2.28. The molecule has 0 spiro atoms. The zero-order valence-electron chi connectivity index (χ0n) is 9.00. The Labute approximate surface area is 105 Å². The van der Waals surface area contributed by atoms with Gasteiger partial charge in [-0.3, -0.25) is 4.79 Å². The summed E-state index contributed by atoms with van der Waals surface area (Å²) < 4.78 is 52.8. The number of hydrogen-bond acceptors (Lipinski definition) is 2. The first kappa shape index (κ1) is 14.6. The Morgan fingerprint density at radius 2 is 1.61 bits per heavy atom. The first-order chi connectivity index (χ1) is 8.41. The maximum absolute atomic E-state index is 13.3. The average molecular weight is 285 g/mol. The van der Waals surface area contributed by atoms with Gasteiger partial charge in [0.05, 0.1) is 0 Å². The van der Waals surface area contributed by atoms with Gasteiger partial charge in [-0.15, -0.1) is 11.6 Å². The summed E-state index contributed by atoms with van der Waals surface area (Å²) in [6.07, 6.45) is 0.344. The molecule has 0 saturated heterocycles. The van der Waals surface area contributed by atoms with Gasteiger partial charge < -0.3 is 11.1 Å². The highest BCUT2D eigenvalue weighted by Gasteiger charge is 2.27. The van der Waals surface area contributed by atoms with Crippen LogP contribution < -0.4 is 11.1 Å². The van der Waals surface area contributed by atoms with Gasteiger partial charge in [-0.25, -0.2) is 17.6 Å². The van der Waals surface area contributed by atoms with Crippen molar-refractivity contribution < 1.29 is 22.4 Å². The maximum Gasteiger partial charge on any atom is 0.257 e. The van der Waals surface area contributed by atoms with Crippen LogP contribution in [0, 0.1) is 23.3 Å². The van der Waals surface area contributed by atoms with Crippen LogP contribution >= 0.6 is 11.6 Å².